The molecule has 0 unspecified atom stereocenters. The zero-order chi connectivity index (χ0) is 12.3. The van der Waals surface area contributed by atoms with Crippen LogP contribution in [0.25, 0.3) is 0 Å². The van der Waals surface area contributed by atoms with Crippen molar-refractivity contribution in [3.63, 3.8) is 0 Å². The molecule has 0 atom stereocenters. The summed E-state index contributed by atoms with van der Waals surface area (Å²) in [5.74, 6) is -0.0811. The Morgan fingerprint density at radius 3 is 2.76 bits per heavy atom. The van der Waals surface area contributed by atoms with Crippen molar-refractivity contribution in [2.75, 3.05) is 6.61 Å². The highest BCUT2D eigenvalue weighted by Crippen LogP contribution is 2.28. The van der Waals surface area contributed by atoms with Gasteiger partial charge in [0.1, 0.15) is 0 Å². The molecule has 0 radical (unpaired) electrons. The van der Waals surface area contributed by atoms with Crippen molar-refractivity contribution >= 4 is 5.91 Å². The highest BCUT2D eigenvalue weighted by atomic mass is 16.5. The SMILES string of the molecule is Cc1cc(C(=O)NC2(CO)CCCCC2)on1. The van der Waals surface area contributed by atoms with Gasteiger partial charge in [-0.1, -0.05) is 24.4 Å². The summed E-state index contributed by atoms with van der Waals surface area (Å²) in [5, 5.41) is 16.1. The molecule has 1 heterocycles. The van der Waals surface area contributed by atoms with Gasteiger partial charge in [-0.25, -0.2) is 0 Å². The Hall–Kier alpha value is -1.36. The average Bonchev–Trinajstić information content (AvgIpc) is 2.77. The maximum absolute atomic E-state index is 11.9. The molecule has 1 amide bonds. The lowest BCUT2D eigenvalue weighted by atomic mass is 9.82. The van der Waals surface area contributed by atoms with E-state index in [-0.39, 0.29) is 18.3 Å². The predicted molar refractivity (Wildman–Crippen MR) is 61.6 cm³/mol. The second-order valence-electron chi connectivity index (χ2n) is 4.79. The van der Waals surface area contributed by atoms with Crippen LogP contribution in [-0.4, -0.2) is 28.3 Å². The molecule has 1 fully saturated rings. The molecule has 0 aromatic carbocycles. The number of nitrogens with one attached hydrogen (secondary N) is 1. The molecule has 0 saturated heterocycles. The largest absolute Gasteiger partial charge is 0.394 e. The van der Waals surface area contributed by atoms with Gasteiger partial charge in [-0.3, -0.25) is 4.79 Å². The van der Waals surface area contributed by atoms with E-state index in [0.29, 0.717) is 5.69 Å². The van der Waals surface area contributed by atoms with Crippen molar-refractivity contribution in [3.8, 4) is 0 Å². The second-order valence-corrected chi connectivity index (χ2v) is 4.79. The number of aliphatic hydroxyl groups is 1. The maximum atomic E-state index is 11.9. The van der Waals surface area contributed by atoms with E-state index in [9.17, 15) is 9.90 Å². The van der Waals surface area contributed by atoms with E-state index in [1.54, 1.807) is 13.0 Å². The summed E-state index contributed by atoms with van der Waals surface area (Å²) in [6, 6.07) is 1.60. The van der Waals surface area contributed by atoms with Crippen LogP contribution in [0.4, 0.5) is 0 Å². The summed E-state index contributed by atoms with van der Waals surface area (Å²) in [4.78, 5) is 11.9. The molecule has 2 rings (SSSR count). The van der Waals surface area contributed by atoms with Gasteiger partial charge in [0.25, 0.3) is 5.91 Å². The van der Waals surface area contributed by atoms with Crippen molar-refractivity contribution in [1.82, 2.24) is 10.5 Å². The van der Waals surface area contributed by atoms with E-state index >= 15 is 0 Å². The van der Waals surface area contributed by atoms with Gasteiger partial charge in [-0.15, -0.1) is 0 Å². The molecule has 17 heavy (non-hydrogen) atoms. The number of rotatable bonds is 3. The van der Waals surface area contributed by atoms with Crippen LogP contribution in [0, 0.1) is 6.92 Å². The first-order chi connectivity index (χ1) is 8.15. The standard InChI is InChI=1S/C12H18N2O3/c1-9-7-10(17-14-9)11(16)13-12(8-15)5-3-2-4-6-12/h7,15H,2-6,8H2,1H3,(H,13,16). The predicted octanol–water partition coefficient (Wildman–Crippen LogP) is 1.41. The lowest BCUT2D eigenvalue weighted by Crippen LogP contribution is -2.52. The van der Waals surface area contributed by atoms with E-state index in [1.807, 2.05) is 0 Å². The van der Waals surface area contributed by atoms with Gasteiger partial charge in [0, 0.05) is 6.07 Å². The van der Waals surface area contributed by atoms with Crippen LogP contribution in [-0.2, 0) is 0 Å². The highest BCUT2D eigenvalue weighted by molar-refractivity contribution is 5.92. The van der Waals surface area contributed by atoms with E-state index in [0.717, 1.165) is 25.7 Å². The molecule has 0 bridgehead atoms. The van der Waals surface area contributed by atoms with Crippen LogP contribution in [0.1, 0.15) is 48.4 Å². The number of amides is 1. The molecule has 1 aromatic heterocycles. The van der Waals surface area contributed by atoms with Gasteiger partial charge in [0.2, 0.25) is 5.76 Å². The highest BCUT2D eigenvalue weighted by Gasteiger charge is 2.33. The van der Waals surface area contributed by atoms with E-state index in [1.165, 1.54) is 6.42 Å². The number of aliphatic hydroxyl groups excluding tert-OH is 1. The number of aryl methyl sites for hydroxylation is 1. The van der Waals surface area contributed by atoms with Gasteiger partial charge in [-0.2, -0.15) is 0 Å². The van der Waals surface area contributed by atoms with Crippen molar-refractivity contribution in [2.24, 2.45) is 0 Å². The van der Waals surface area contributed by atoms with Crippen LogP contribution in [0.2, 0.25) is 0 Å². The Labute approximate surface area is 100 Å². The third-order valence-corrected chi connectivity index (χ3v) is 3.34. The number of carbonyl (C=O) groups excluding carboxylic acids is 1. The zero-order valence-electron chi connectivity index (χ0n) is 10.0. The van der Waals surface area contributed by atoms with Gasteiger partial charge in [0.15, 0.2) is 0 Å². The summed E-state index contributed by atoms with van der Waals surface area (Å²) in [5.41, 5.74) is 0.201. The second kappa shape index (κ2) is 4.87. The topological polar surface area (TPSA) is 75.4 Å². The van der Waals surface area contributed by atoms with Gasteiger partial charge < -0.3 is 14.9 Å². The lowest BCUT2D eigenvalue weighted by molar-refractivity contribution is 0.0725. The summed E-state index contributed by atoms with van der Waals surface area (Å²) in [7, 11) is 0. The van der Waals surface area contributed by atoms with Gasteiger partial charge in [-0.05, 0) is 19.8 Å². The van der Waals surface area contributed by atoms with Gasteiger partial charge in [0.05, 0.1) is 17.8 Å². The molecular weight excluding hydrogens is 220 g/mol. The quantitative estimate of drug-likeness (QED) is 0.834. The van der Waals surface area contributed by atoms with Crippen molar-refractivity contribution in [3.05, 3.63) is 17.5 Å². The fourth-order valence-electron chi connectivity index (χ4n) is 2.32. The molecule has 1 aliphatic carbocycles. The number of hydrogen-bond donors (Lipinski definition) is 2. The molecule has 5 heteroatoms. The van der Waals surface area contributed by atoms with Crippen LogP contribution in [0.15, 0.2) is 10.6 Å². The Bertz CT molecular complexity index is 394. The molecular formula is C12H18N2O3. The van der Waals surface area contributed by atoms with Crippen molar-refractivity contribution in [1.29, 1.82) is 0 Å². The fraction of sp³-hybridized carbons (Fsp3) is 0.667. The minimum atomic E-state index is -0.476. The monoisotopic (exact) mass is 238 g/mol. The van der Waals surface area contributed by atoms with Crippen LogP contribution >= 0.6 is 0 Å². The molecule has 94 valence electrons. The molecule has 0 aliphatic heterocycles. The molecule has 1 aliphatic rings. The smallest absolute Gasteiger partial charge is 0.290 e. The lowest BCUT2D eigenvalue weighted by Gasteiger charge is -2.36. The minimum absolute atomic E-state index is 0.0220. The Morgan fingerprint density at radius 1 is 1.53 bits per heavy atom. The Balaban J connectivity index is 2.05. The van der Waals surface area contributed by atoms with Crippen LogP contribution < -0.4 is 5.32 Å². The Kier molecular flexibility index (Phi) is 3.47. The molecule has 1 saturated carbocycles. The number of carbonyl (C=O) groups is 1. The fourth-order valence-corrected chi connectivity index (χ4v) is 2.32. The van der Waals surface area contributed by atoms with Crippen molar-refractivity contribution < 1.29 is 14.4 Å². The maximum Gasteiger partial charge on any atom is 0.290 e. The first-order valence-electron chi connectivity index (χ1n) is 6.02. The van der Waals surface area contributed by atoms with E-state index in [2.05, 4.69) is 10.5 Å². The number of aromatic nitrogens is 1. The molecule has 0 spiro atoms. The summed E-state index contributed by atoms with van der Waals surface area (Å²) in [6.45, 7) is 1.74. The first-order valence-corrected chi connectivity index (χ1v) is 6.02. The summed E-state index contributed by atoms with van der Waals surface area (Å²) in [6.07, 6.45) is 4.89. The first kappa shape index (κ1) is 12.1. The zero-order valence-corrected chi connectivity index (χ0v) is 10.0. The normalized spacial score (nSPS) is 18.9. The summed E-state index contributed by atoms with van der Waals surface area (Å²) < 4.78 is 4.91. The third-order valence-electron chi connectivity index (χ3n) is 3.34. The summed E-state index contributed by atoms with van der Waals surface area (Å²) >= 11 is 0. The number of hydrogen-bond acceptors (Lipinski definition) is 4. The van der Waals surface area contributed by atoms with E-state index in [4.69, 9.17) is 4.52 Å². The Morgan fingerprint density at radius 2 is 2.24 bits per heavy atom. The van der Waals surface area contributed by atoms with Crippen LogP contribution in [0.5, 0.6) is 0 Å². The molecule has 5 nitrogen and oxygen atoms in total. The van der Waals surface area contributed by atoms with Crippen molar-refractivity contribution in [2.45, 2.75) is 44.6 Å². The van der Waals surface area contributed by atoms with E-state index < -0.39 is 5.54 Å². The molecule has 1 aromatic rings. The average molecular weight is 238 g/mol. The third kappa shape index (κ3) is 2.66. The molecule has 2 N–H and O–H groups in total. The van der Waals surface area contributed by atoms with Gasteiger partial charge >= 0.3 is 0 Å². The van der Waals surface area contributed by atoms with Crippen LogP contribution in [0.3, 0.4) is 0 Å². The number of nitrogens with zero attached hydrogens (tertiary/aromatic N) is 1. The minimum Gasteiger partial charge on any atom is -0.394 e.